The molecule has 31 heteroatoms. The van der Waals surface area contributed by atoms with Crippen molar-refractivity contribution in [2.75, 3.05) is 24.7 Å². The van der Waals surface area contributed by atoms with Gasteiger partial charge in [-0.25, -0.2) is 23.2 Å². The van der Waals surface area contributed by atoms with E-state index >= 15 is 0 Å². The molecule has 55 heavy (non-hydrogen) atoms. The molecule has 12 N–H and O–H groups in total. The van der Waals surface area contributed by atoms with Crippen molar-refractivity contribution >= 4 is 57.7 Å². The van der Waals surface area contributed by atoms with Crippen molar-refractivity contribution in [3.8, 4) is 0 Å². The molecule has 0 amide bonds. The normalized spacial score (nSPS) is 29.2. The molecule has 4 aromatic rings. The number of ether oxygens (including phenoxy) is 3. The number of H-pyrrole nitrogens is 2. The maximum atomic E-state index is 12.7. The fourth-order valence-electron chi connectivity index (χ4n) is 5.91. The van der Waals surface area contributed by atoms with Crippen LogP contribution >= 0.6 is 23.5 Å². The lowest BCUT2D eigenvalue weighted by molar-refractivity contribution is -0.745. The standard InChI is InChI=1S/C24H35N10O18P3/c1-8(2)48-16-10(50-22(15(16)37)33-6-27-11-17(33)28-23(25)30-19(11)38)5-47-54(42,43)52-55(44,45)51-53(40,41)46-4-9-13(35)14(36)21(49-9)34-7-32(3)12-18(34)29-24(26)31-20(12)39/h6-10,13-16,21-22,35-37H,4-5H2,1-3H3,(H8-,25,26,28,29,30,31,38,39,40,41,42,43,44,45)/p+1. The summed E-state index contributed by atoms with van der Waals surface area (Å²) in [5.41, 5.74) is 9.66. The van der Waals surface area contributed by atoms with Crippen molar-refractivity contribution in [1.29, 1.82) is 0 Å². The van der Waals surface area contributed by atoms with Crippen LogP contribution in [0.4, 0.5) is 11.9 Å². The molecule has 11 atom stereocenters. The van der Waals surface area contributed by atoms with Crippen molar-refractivity contribution in [2.45, 2.75) is 69.0 Å². The number of nitrogens with two attached hydrogens (primary N) is 2. The number of aliphatic hydroxyl groups excluding tert-OH is 3. The van der Waals surface area contributed by atoms with Crippen LogP contribution in [0, 0.1) is 0 Å². The molecular weight excluding hydrogens is 809 g/mol. The SMILES string of the molecule is CC(C)OC1C(COP(=O)(O)OP(=O)(O)OP(=O)(O)OCC2OC([n+]3cn(C)c4c(=O)[nH]c(N)nc43)C(O)C2O)OC(n2cnc3c(=O)[nH]c(N)nc32)C1O. The molecule has 4 aromatic heterocycles. The van der Waals surface area contributed by atoms with E-state index in [9.17, 15) is 53.3 Å². The summed E-state index contributed by atoms with van der Waals surface area (Å²) in [6.45, 7) is 1.17. The van der Waals surface area contributed by atoms with E-state index in [-0.39, 0.29) is 34.2 Å². The summed E-state index contributed by atoms with van der Waals surface area (Å²) in [5, 5.41) is 32.3. The summed E-state index contributed by atoms with van der Waals surface area (Å²) in [7, 11) is -15.9. The van der Waals surface area contributed by atoms with Crippen LogP contribution in [0.2, 0.25) is 0 Å². The predicted octanol–water partition coefficient (Wildman–Crippen LogP) is -3.11. The number of nitrogens with zero attached hydrogens (tertiary/aromatic N) is 6. The van der Waals surface area contributed by atoms with Crippen LogP contribution in [-0.4, -0.2) is 120 Å². The van der Waals surface area contributed by atoms with Gasteiger partial charge in [0.25, 0.3) is 17.1 Å². The fourth-order valence-corrected chi connectivity index (χ4v) is 9.43. The molecule has 28 nitrogen and oxygen atoms in total. The van der Waals surface area contributed by atoms with Gasteiger partial charge < -0.3 is 55.7 Å². The number of rotatable bonds is 14. The largest absolute Gasteiger partial charge is 0.490 e. The molecule has 0 aromatic carbocycles. The van der Waals surface area contributed by atoms with E-state index in [2.05, 4.69) is 38.1 Å². The van der Waals surface area contributed by atoms with Crippen LogP contribution in [0.5, 0.6) is 0 Å². The molecule has 2 aliphatic heterocycles. The van der Waals surface area contributed by atoms with Crippen molar-refractivity contribution in [3.05, 3.63) is 33.4 Å². The first-order chi connectivity index (χ1) is 25.6. The van der Waals surface area contributed by atoms with E-state index in [4.69, 9.17) is 30.2 Å². The fraction of sp³-hybridized carbons (Fsp3) is 0.583. The number of anilines is 2. The second-order valence-corrected chi connectivity index (χ2v) is 17.1. The average Bonchev–Trinajstić information content (AvgIpc) is 3.77. The van der Waals surface area contributed by atoms with Crippen LogP contribution in [0.1, 0.15) is 26.3 Å². The summed E-state index contributed by atoms with van der Waals surface area (Å²) in [6.07, 6.45) is -10.3. The van der Waals surface area contributed by atoms with Gasteiger partial charge in [-0.05, 0) is 13.8 Å². The summed E-state index contributed by atoms with van der Waals surface area (Å²) < 4.78 is 76.3. The minimum atomic E-state index is -5.99. The molecule has 2 fully saturated rings. The van der Waals surface area contributed by atoms with Gasteiger partial charge in [0, 0.05) is 0 Å². The quantitative estimate of drug-likeness (QED) is 0.0443. The Kier molecular flexibility index (Phi) is 11.3. The third-order valence-electron chi connectivity index (χ3n) is 8.08. The van der Waals surface area contributed by atoms with Gasteiger partial charge in [-0.1, -0.05) is 4.98 Å². The number of hydrogen-bond acceptors (Lipinski definition) is 20. The average molecular weight is 846 g/mol. The van der Waals surface area contributed by atoms with Gasteiger partial charge in [-0.3, -0.25) is 37.7 Å². The number of hydrogen-bond donors (Lipinski definition) is 10. The van der Waals surface area contributed by atoms with Crippen LogP contribution in [0.15, 0.2) is 22.2 Å². The molecule has 6 rings (SSSR count). The highest BCUT2D eigenvalue weighted by molar-refractivity contribution is 7.66. The van der Waals surface area contributed by atoms with Gasteiger partial charge in [0.05, 0.1) is 32.7 Å². The highest BCUT2D eigenvalue weighted by atomic mass is 31.3. The molecule has 2 aliphatic rings. The zero-order chi connectivity index (χ0) is 40.4. The third kappa shape index (κ3) is 8.59. The molecular formula is C24H36N10O18P3+. The summed E-state index contributed by atoms with van der Waals surface area (Å²) in [4.78, 5) is 71.5. The Balaban J connectivity index is 1.08. The monoisotopic (exact) mass is 845 g/mol. The van der Waals surface area contributed by atoms with Crippen LogP contribution < -0.4 is 27.2 Å². The number of phosphoric acid groups is 3. The topological polar surface area (TPSA) is 407 Å². The smallest absolute Gasteiger partial charge is 0.387 e. The Hall–Kier alpha value is -3.53. The highest BCUT2D eigenvalue weighted by Gasteiger charge is 2.51. The van der Waals surface area contributed by atoms with E-state index in [1.807, 2.05) is 0 Å². The highest BCUT2D eigenvalue weighted by Crippen LogP contribution is 2.67. The molecule has 304 valence electrons. The molecule has 0 radical (unpaired) electrons. The minimum absolute atomic E-state index is 0.0168. The molecule has 0 saturated carbocycles. The molecule has 6 heterocycles. The van der Waals surface area contributed by atoms with Gasteiger partial charge >= 0.3 is 29.1 Å². The molecule has 11 unspecified atom stereocenters. The van der Waals surface area contributed by atoms with Gasteiger partial charge in [-0.2, -0.15) is 13.6 Å². The molecule has 0 aliphatic carbocycles. The van der Waals surface area contributed by atoms with Gasteiger partial charge in [0.1, 0.15) is 36.6 Å². The first kappa shape index (κ1) is 41.1. The number of nitrogens with one attached hydrogen (secondary N) is 2. The Bertz CT molecular complexity index is 2350. The number of aliphatic hydroxyl groups is 3. The van der Waals surface area contributed by atoms with Crippen LogP contribution in [0.3, 0.4) is 0 Å². The summed E-state index contributed by atoms with van der Waals surface area (Å²) in [5.74, 6) is -0.547. The van der Waals surface area contributed by atoms with E-state index in [1.165, 1.54) is 17.9 Å². The van der Waals surface area contributed by atoms with Crippen molar-refractivity contribution in [2.24, 2.45) is 7.05 Å². The number of fused-ring (bicyclic) bond motifs is 2. The first-order valence-corrected chi connectivity index (χ1v) is 20.2. The zero-order valence-corrected chi connectivity index (χ0v) is 31.2. The van der Waals surface area contributed by atoms with E-state index in [0.29, 0.717) is 0 Å². The number of imidazole rings is 2. The lowest BCUT2D eigenvalue weighted by Gasteiger charge is -2.24. The van der Waals surface area contributed by atoms with Crippen molar-refractivity contribution < 1.29 is 80.1 Å². The predicted molar refractivity (Wildman–Crippen MR) is 178 cm³/mol. The van der Waals surface area contributed by atoms with Gasteiger partial charge in [0.2, 0.25) is 17.7 Å². The minimum Gasteiger partial charge on any atom is -0.387 e. The van der Waals surface area contributed by atoms with E-state index in [0.717, 1.165) is 15.5 Å². The Labute approximate surface area is 306 Å². The molecule has 0 bridgehead atoms. The maximum Gasteiger partial charge on any atom is 0.490 e. The van der Waals surface area contributed by atoms with Gasteiger partial charge in [0.15, 0.2) is 23.7 Å². The number of aromatic nitrogens is 8. The van der Waals surface area contributed by atoms with Gasteiger partial charge in [-0.15, -0.1) is 0 Å². The second kappa shape index (κ2) is 15.1. The number of aromatic amines is 2. The molecule has 0 spiro atoms. The van der Waals surface area contributed by atoms with Crippen LogP contribution in [0.25, 0.3) is 22.3 Å². The Morgan fingerprint density at radius 2 is 1.49 bits per heavy atom. The first-order valence-electron chi connectivity index (χ1n) is 15.8. The number of phosphoric ester groups is 2. The lowest BCUT2D eigenvalue weighted by atomic mass is 10.1. The van der Waals surface area contributed by atoms with Crippen molar-refractivity contribution in [3.63, 3.8) is 0 Å². The Morgan fingerprint density at radius 3 is 2.13 bits per heavy atom. The van der Waals surface area contributed by atoms with E-state index in [1.54, 1.807) is 13.8 Å². The zero-order valence-electron chi connectivity index (χ0n) is 28.5. The summed E-state index contributed by atoms with van der Waals surface area (Å²) >= 11 is 0. The lowest BCUT2D eigenvalue weighted by Crippen LogP contribution is -2.46. The number of nitrogen functional groups attached to an aromatic ring is 2. The number of aryl methyl sites for hydroxylation is 1. The van der Waals surface area contributed by atoms with E-state index < -0.39 is 103 Å². The van der Waals surface area contributed by atoms with Crippen LogP contribution in [-0.2, 0) is 52.6 Å². The maximum absolute atomic E-state index is 12.7. The molecule has 2 saturated heterocycles. The summed E-state index contributed by atoms with van der Waals surface area (Å²) in [6, 6.07) is 0. The van der Waals surface area contributed by atoms with Crippen molar-refractivity contribution in [1.82, 2.24) is 34.1 Å². The third-order valence-corrected chi connectivity index (χ3v) is 12.3. The Morgan fingerprint density at radius 1 is 0.891 bits per heavy atom. The second-order valence-electron chi connectivity index (χ2n) is 12.4.